The molecule has 1 aromatic rings. The molecule has 26 heavy (non-hydrogen) atoms. The number of fused-ring (bicyclic) bond motifs is 2. The number of pyridine rings is 1. The van der Waals surface area contributed by atoms with Gasteiger partial charge in [-0.3, -0.25) is 4.98 Å². The van der Waals surface area contributed by atoms with Crippen LogP contribution in [0.5, 0.6) is 0 Å². The minimum Gasteiger partial charge on any atom is -0.256 e. The van der Waals surface area contributed by atoms with Crippen molar-refractivity contribution < 1.29 is 0 Å². The molecule has 0 radical (unpaired) electrons. The lowest BCUT2D eigenvalue weighted by molar-refractivity contribution is 0.521. The number of hydrogen-bond donors (Lipinski definition) is 0. The van der Waals surface area contributed by atoms with Crippen molar-refractivity contribution in [2.24, 2.45) is 0 Å². The number of aromatic nitrogens is 1. The normalized spacial score (nSPS) is 28.6. The number of aryl methyl sites for hydroxylation is 2. The zero-order valence-electron chi connectivity index (χ0n) is 16.2. The smallest absolute Gasteiger partial charge is 0.0510 e. The number of hydrogen-bond acceptors (Lipinski definition) is 1. The van der Waals surface area contributed by atoms with E-state index in [0.29, 0.717) is 11.8 Å². The fraction of sp³-hybridized carbons (Fsp3) is 0.640. The van der Waals surface area contributed by atoms with Gasteiger partial charge in [0.05, 0.1) is 11.4 Å². The van der Waals surface area contributed by atoms with E-state index in [1.54, 1.807) is 22.3 Å². The van der Waals surface area contributed by atoms with E-state index in [2.05, 4.69) is 18.2 Å². The minimum absolute atomic E-state index is 0.632. The summed E-state index contributed by atoms with van der Waals surface area (Å²) in [5.41, 5.74) is 9.56. The summed E-state index contributed by atoms with van der Waals surface area (Å²) >= 11 is 0. The zero-order chi connectivity index (χ0) is 17.3. The average Bonchev–Trinajstić information content (AvgIpc) is 2.72. The van der Waals surface area contributed by atoms with Crippen molar-refractivity contribution in [2.75, 3.05) is 0 Å². The van der Waals surface area contributed by atoms with Crippen LogP contribution in [0.3, 0.4) is 0 Å². The molecule has 0 amide bonds. The van der Waals surface area contributed by atoms with Crippen LogP contribution in [-0.2, 0) is 12.8 Å². The summed E-state index contributed by atoms with van der Waals surface area (Å²) < 4.78 is 0. The van der Waals surface area contributed by atoms with Crippen LogP contribution in [0.25, 0.3) is 0 Å². The number of rotatable bonds is 2. The van der Waals surface area contributed by atoms with Crippen molar-refractivity contribution in [3.63, 3.8) is 0 Å². The Morgan fingerprint density at radius 1 is 0.615 bits per heavy atom. The van der Waals surface area contributed by atoms with Crippen molar-refractivity contribution >= 4 is 0 Å². The average molecular weight is 348 g/mol. The van der Waals surface area contributed by atoms with Crippen LogP contribution < -0.4 is 0 Å². The second-order valence-electron chi connectivity index (χ2n) is 9.02. The molecule has 0 bridgehead atoms. The van der Waals surface area contributed by atoms with E-state index in [-0.39, 0.29) is 0 Å². The predicted octanol–water partition coefficient (Wildman–Crippen LogP) is 6.92. The molecule has 138 valence electrons. The van der Waals surface area contributed by atoms with E-state index >= 15 is 0 Å². The maximum Gasteiger partial charge on any atom is 0.0510 e. The van der Waals surface area contributed by atoms with Gasteiger partial charge in [-0.1, -0.05) is 29.4 Å². The fourth-order valence-corrected chi connectivity index (χ4v) is 5.98. The first kappa shape index (κ1) is 16.8. The molecule has 0 fully saturated rings. The van der Waals surface area contributed by atoms with E-state index < -0.39 is 0 Å². The molecule has 5 rings (SSSR count). The lowest BCUT2D eigenvalue weighted by Crippen LogP contribution is -2.21. The Kier molecular flexibility index (Phi) is 4.73. The molecular weight excluding hydrogens is 314 g/mol. The quantitative estimate of drug-likeness (QED) is 0.529. The molecule has 0 N–H and O–H groups in total. The summed E-state index contributed by atoms with van der Waals surface area (Å²) in [7, 11) is 0. The third-order valence-electron chi connectivity index (χ3n) is 7.33. The van der Waals surface area contributed by atoms with Gasteiger partial charge >= 0.3 is 0 Å². The topological polar surface area (TPSA) is 12.9 Å². The Morgan fingerprint density at radius 3 is 1.62 bits per heavy atom. The minimum atomic E-state index is 0.632. The van der Waals surface area contributed by atoms with Gasteiger partial charge in [-0.05, 0) is 101 Å². The first-order valence-corrected chi connectivity index (χ1v) is 11.3. The van der Waals surface area contributed by atoms with Gasteiger partial charge in [0.25, 0.3) is 0 Å². The molecule has 0 saturated heterocycles. The van der Waals surface area contributed by atoms with E-state index in [1.165, 1.54) is 101 Å². The van der Waals surface area contributed by atoms with E-state index in [1.807, 2.05) is 0 Å². The van der Waals surface area contributed by atoms with Gasteiger partial charge in [-0.2, -0.15) is 0 Å². The number of allylic oxidation sites excluding steroid dienone is 4. The molecular formula is C25H33N. The second-order valence-corrected chi connectivity index (χ2v) is 9.02. The second kappa shape index (κ2) is 7.33. The number of nitrogens with zero attached hydrogens (tertiary/aromatic N) is 1. The highest BCUT2D eigenvalue weighted by atomic mass is 14.8. The maximum atomic E-state index is 5.49. The van der Waals surface area contributed by atoms with Crippen LogP contribution in [0.15, 0.2) is 29.4 Å². The molecule has 1 heterocycles. The summed E-state index contributed by atoms with van der Waals surface area (Å²) in [6.45, 7) is 0. The maximum absolute atomic E-state index is 5.49. The van der Waals surface area contributed by atoms with Crippen molar-refractivity contribution in [3.05, 3.63) is 51.9 Å². The van der Waals surface area contributed by atoms with E-state index in [4.69, 9.17) is 4.98 Å². The van der Waals surface area contributed by atoms with Crippen LogP contribution in [-0.4, -0.2) is 4.98 Å². The van der Waals surface area contributed by atoms with Crippen molar-refractivity contribution in [2.45, 2.75) is 102 Å². The summed E-state index contributed by atoms with van der Waals surface area (Å²) in [5.74, 6) is 1.26. The molecule has 1 aromatic heterocycles. The van der Waals surface area contributed by atoms with Gasteiger partial charge in [0.2, 0.25) is 0 Å². The van der Waals surface area contributed by atoms with Crippen LogP contribution in [0, 0.1) is 0 Å². The van der Waals surface area contributed by atoms with Gasteiger partial charge in [0.15, 0.2) is 0 Å². The highest BCUT2D eigenvalue weighted by Crippen LogP contribution is 2.44. The Balaban J connectivity index is 1.55. The van der Waals surface area contributed by atoms with Gasteiger partial charge in [-0.25, -0.2) is 0 Å². The van der Waals surface area contributed by atoms with E-state index in [0.717, 1.165) is 0 Å². The van der Waals surface area contributed by atoms with Crippen LogP contribution in [0.4, 0.5) is 0 Å². The zero-order valence-corrected chi connectivity index (χ0v) is 16.2. The summed E-state index contributed by atoms with van der Waals surface area (Å²) in [4.78, 5) is 5.49. The molecule has 0 saturated carbocycles. The highest BCUT2D eigenvalue weighted by Gasteiger charge is 2.31. The fourth-order valence-electron chi connectivity index (χ4n) is 5.98. The Morgan fingerprint density at radius 2 is 1.15 bits per heavy atom. The summed E-state index contributed by atoms with van der Waals surface area (Å²) in [5, 5.41) is 0. The largest absolute Gasteiger partial charge is 0.256 e. The van der Waals surface area contributed by atoms with Crippen LogP contribution in [0.2, 0.25) is 0 Å². The third kappa shape index (κ3) is 3.08. The lowest BCUT2D eigenvalue weighted by atomic mass is 9.74. The SMILES string of the molecule is C1=C(C2CCCc3cc4c(nc32)C(C2=CCCCC2)CCC4)CCCC1. The van der Waals surface area contributed by atoms with Gasteiger partial charge in [-0.15, -0.1) is 0 Å². The Bertz CT molecular complexity index is 680. The van der Waals surface area contributed by atoms with Crippen molar-refractivity contribution in [1.29, 1.82) is 0 Å². The molecule has 4 aliphatic rings. The standard InChI is InChI=1S/C25H33N/c1-3-9-18(10-4-1)22-15-7-13-20-17-21-14-8-16-23(25(21)26-24(20)22)19-11-5-2-6-12-19/h9,11,17,22-23H,1-8,10,12-16H2. The predicted molar refractivity (Wildman–Crippen MR) is 109 cm³/mol. The lowest BCUT2D eigenvalue weighted by Gasteiger charge is -2.33. The van der Waals surface area contributed by atoms with Crippen molar-refractivity contribution in [3.8, 4) is 0 Å². The molecule has 2 atom stereocenters. The van der Waals surface area contributed by atoms with E-state index in [9.17, 15) is 0 Å². The monoisotopic (exact) mass is 347 g/mol. The highest BCUT2D eigenvalue weighted by molar-refractivity contribution is 5.42. The molecule has 0 aromatic carbocycles. The molecule has 1 heteroatoms. The van der Waals surface area contributed by atoms with Gasteiger partial charge in [0, 0.05) is 11.8 Å². The molecule has 1 nitrogen and oxygen atoms in total. The Labute approximate surface area is 159 Å². The van der Waals surface area contributed by atoms with Crippen LogP contribution >= 0.6 is 0 Å². The van der Waals surface area contributed by atoms with Gasteiger partial charge < -0.3 is 0 Å². The molecule has 0 aliphatic heterocycles. The Hall–Kier alpha value is -1.37. The molecule has 2 unspecified atom stereocenters. The first-order chi connectivity index (χ1) is 12.9. The van der Waals surface area contributed by atoms with Crippen molar-refractivity contribution in [1.82, 2.24) is 4.98 Å². The third-order valence-corrected chi connectivity index (χ3v) is 7.33. The summed E-state index contributed by atoms with van der Waals surface area (Å²) in [6, 6.07) is 2.59. The van der Waals surface area contributed by atoms with Crippen LogP contribution in [0.1, 0.15) is 111 Å². The molecule has 0 spiro atoms. The summed E-state index contributed by atoms with van der Waals surface area (Å²) in [6.07, 6.45) is 23.8. The molecule has 4 aliphatic carbocycles. The van der Waals surface area contributed by atoms with Gasteiger partial charge in [0.1, 0.15) is 0 Å². The first-order valence-electron chi connectivity index (χ1n) is 11.3.